The lowest BCUT2D eigenvalue weighted by atomic mass is 10.2. The normalized spacial score (nSPS) is 32.5. The second-order valence-corrected chi connectivity index (χ2v) is 4.17. The maximum atomic E-state index is 2.49. The number of hydrogen-bond donors (Lipinski definition) is 0. The Bertz CT molecular complexity index is 122. The molecule has 0 aromatic heterocycles. The predicted octanol–water partition coefficient (Wildman–Crippen LogP) is 2.37. The average Bonchev–Trinajstić information content (AvgIpc) is 2.65. The highest BCUT2D eigenvalue weighted by molar-refractivity contribution is 4.85. The van der Waals surface area contributed by atoms with E-state index in [0.717, 1.165) is 17.9 Å². The molecule has 1 nitrogen and oxygen atoms in total. The third kappa shape index (κ3) is 2.48. The number of rotatable bonds is 4. The number of nitrogens with zero attached hydrogens (tertiary/aromatic N) is 1. The van der Waals surface area contributed by atoms with Crippen LogP contribution in [0.4, 0.5) is 0 Å². The Balaban J connectivity index is 2.15. The smallest absolute Gasteiger partial charge is 0.00613 e. The Morgan fingerprint density at radius 3 is 2.45 bits per heavy atom. The molecule has 3 atom stereocenters. The summed E-state index contributed by atoms with van der Waals surface area (Å²) in [6, 6.07) is 0.766. The van der Waals surface area contributed by atoms with E-state index in [1.807, 2.05) is 0 Å². The van der Waals surface area contributed by atoms with Crippen molar-refractivity contribution >= 4 is 0 Å². The van der Waals surface area contributed by atoms with E-state index in [1.54, 1.807) is 0 Å². The largest absolute Gasteiger partial charge is 0.303 e. The summed E-state index contributed by atoms with van der Waals surface area (Å²) in [5, 5.41) is 0. The third-order valence-electron chi connectivity index (χ3n) is 3.14. The summed E-state index contributed by atoms with van der Waals surface area (Å²) in [5.41, 5.74) is 0. The van der Waals surface area contributed by atoms with Gasteiger partial charge in [0, 0.05) is 12.6 Å². The van der Waals surface area contributed by atoms with E-state index < -0.39 is 0 Å². The van der Waals surface area contributed by atoms with Crippen LogP contribution in [-0.4, -0.2) is 24.5 Å². The summed E-state index contributed by atoms with van der Waals surface area (Å²) in [6.07, 6.45) is 2.73. The van der Waals surface area contributed by atoms with Gasteiger partial charge in [-0.25, -0.2) is 0 Å². The maximum Gasteiger partial charge on any atom is 0.00613 e. The molecule has 1 fully saturated rings. The van der Waals surface area contributed by atoms with E-state index in [-0.39, 0.29) is 0 Å². The van der Waals surface area contributed by atoms with Gasteiger partial charge in [-0.15, -0.1) is 0 Å². The third-order valence-corrected chi connectivity index (χ3v) is 3.14. The molecular weight excluding hydrogens is 134 g/mol. The zero-order valence-electron chi connectivity index (χ0n) is 8.30. The first-order valence-corrected chi connectivity index (χ1v) is 4.85. The highest BCUT2D eigenvalue weighted by Gasteiger charge is 2.33. The van der Waals surface area contributed by atoms with Crippen LogP contribution in [0.2, 0.25) is 0 Å². The summed E-state index contributed by atoms with van der Waals surface area (Å²) in [4.78, 5) is 2.49. The van der Waals surface area contributed by atoms with E-state index in [2.05, 4.69) is 32.7 Å². The summed E-state index contributed by atoms with van der Waals surface area (Å²) in [5.74, 6) is 2.01. The molecule has 0 spiro atoms. The highest BCUT2D eigenvalue weighted by Crippen LogP contribution is 2.38. The Hall–Kier alpha value is -0.0400. The quantitative estimate of drug-likeness (QED) is 0.602. The molecule has 66 valence electrons. The summed E-state index contributed by atoms with van der Waals surface area (Å²) in [7, 11) is 2.25. The van der Waals surface area contributed by atoms with Gasteiger partial charge in [-0.2, -0.15) is 0 Å². The van der Waals surface area contributed by atoms with Crippen LogP contribution in [0, 0.1) is 11.8 Å². The van der Waals surface area contributed by atoms with Crippen molar-refractivity contribution in [3.05, 3.63) is 0 Å². The Kier molecular flexibility index (Phi) is 2.94. The van der Waals surface area contributed by atoms with Crippen LogP contribution in [0.3, 0.4) is 0 Å². The molecule has 0 amide bonds. The molecule has 1 heteroatoms. The minimum Gasteiger partial charge on any atom is -0.303 e. The monoisotopic (exact) mass is 155 g/mol. The van der Waals surface area contributed by atoms with Crippen molar-refractivity contribution < 1.29 is 0 Å². The molecule has 1 rings (SSSR count). The van der Waals surface area contributed by atoms with Crippen molar-refractivity contribution in [1.29, 1.82) is 0 Å². The molecule has 1 aliphatic carbocycles. The van der Waals surface area contributed by atoms with Gasteiger partial charge in [0.1, 0.15) is 0 Å². The molecule has 0 bridgehead atoms. The van der Waals surface area contributed by atoms with E-state index >= 15 is 0 Å². The predicted molar refractivity (Wildman–Crippen MR) is 49.7 cm³/mol. The molecule has 3 unspecified atom stereocenters. The van der Waals surface area contributed by atoms with Gasteiger partial charge in [0.15, 0.2) is 0 Å². The molecule has 0 radical (unpaired) electrons. The van der Waals surface area contributed by atoms with E-state index in [1.165, 1.54) is 19.4 Å². The summed E-state index contributed by atoms with van der Waals surface area (Å²) < 4.78 is 0. The van der Waals surface area contributed by atoms with Gasteiger partial charge in [0.25, 0.3) is 0 Å². The molecule has 1 aliphatic rings. The van der Waals surface area contributed by atoms with Crippen molar-refractivity contribution in [3.63, 3.8) is 0 Å². The zero-order chi connectivity index (χ0) is 8.43. The summed E-state index contributed by atoms with van der Waals surface area (Å²) in [6.45, 7) is 8.25. The summed E-state index contributed by atoms with van der Waals surface area (Å²) >= 11 is 0. The van der Waals surface area contributed by atoms with Gasteiger partial charge in [0.05, 0.1) is 0 Å². The minimum atomic E-state index is 0.766. The van der Waals surface area contributed by atoms with Gasteiger partial charge in [0.2, 0.25) is 0 Å². The van der Waals surface area contributed by atoms with Crippen molar-refractivity contribution in [2.24, 2.45) is 11.8 Å². The van der Waals surface area contributed by atoms with Crippen molar-refractivity contribution in [1.82, 2.24) is 4.90 Å². The topological polar surface area (TPSA) is 3.24 Å². The van der Waals surface area contributed by atoms with Gasteiger partial charge in [-0.1, -0.05) is 13.8 Å². The molecule has 0 saturated heterocycles. The van der Waals surface area contributed by atoms with Crippen LogP contribution >= 0.6 is 0 Å². The Morgan fingerprint density at radius 2 is 2.09 bits per heavy atom. The van der Waals surface area contributed by atoms with Crippen molar-refractivity contribution in [2.75, 3.05) is 13.6 Å². The fourth-order valence-corrected chi connectivity index (χ4v) is 1.51. The molecular formula is C10H21N. The number of hydrogen-bond acceptors (Lipinski definition) is 1. The minimum absolute atomic E-state index is 0.766. The second-order valence-electron chi connectivity index (χ2n) is 4.17. The first kappa shape index (κ1) is 9.05. The maximum absolute atomic E-state index is 2.49. The molecule has 0 heterocycles. The van der Waals surface area contributed by atoms with Gasteiger partial charge < -0.3 is 4.90 Å². The molecule has 0 aliphatic heterocycles. The highest BCUT2D eigenvalue weighted by atomic mass is 15.1. The molecule has 0 aromatic rings. The van der Waals surface area contributed by atoms with E-state index in [4.69, 9.17) is 0 Å². The van der Waals surface area contributed by atoms with Crippen molar-refractivity contribution in [2.45, 2.75) is 39.7 Å². The lowest BCUT2D eigenvalue weighted by molar-refractivity contribution is 0.239. The average molecular weight is 155 g/mol. The molecule has 0 N–H and O–H groups in total. The standard InChI is InChI=1S/C10H21N/c1-5-9(3)11(4)7-10-6-8(10)2/h8-10H,5-7H2,1-4H3. The molecule has 1 saturated carbocycles. The molecule has 11 heavy (non-hydrogen) atoms. The second kappa shape index (κ2) is 3.57. The van der Waals surface area contributed by atoms with Crippen LogP contribution in [-0.2, 0) is 0 Å². The van der Waals surface area contributed by atoms with Crippen molar-refractivity contribution in [3.8, 4) is 0 Å². The lowest BCUT2D eigenvalue weighted by Crippen LogP contribution is -2.30. The lowest BCUT2D eigenvalue weighted by Gasteiger charge is -2.23. The fraction of sp³-hybridized carbons (Fsp3) is 1.00. The SMILES string of the molecule is CCC(C)N(C)CC1CC1C. The van der Waals surface area contributed by atoms with Crippen LogP contribution < -0.4 is 0 Å². The van der Waals surface area contributed by atoms with Gasteiger partial charge >= 0.3 is 0 Å². The van der Waals surface area contributed by atoms with Gasteiger partial charge in [-0.05, 0) is 38.6 Å². The van der Waals surface area contributed by atoms with Crippen LogP contribution in [0.15, 0.2) is 0 Å². The van der Waals surface area contributed by atoms with Crippen LogP contribution in [0.25, 0.3) is 0 Å². The first-order valence-electron chi connectivity index (χ1n) is 4.85. The first-order chi connectivity index (χ1) is 5.15. The Labute approximate surface area is 70.8 Å². The van der Waals surface area contributed by atoms with E-state index in [0.29, 0.717) is 0 Å². The van der Waals surface area contributed by atoms with Crippen LogP contribution in [0.1, 0.15) is 33.6 Å². The van der Waals surface area contributed by atoms with Crippen LogP contribution in [0.5, 0.6) is 0 Å². The fourth-order valence-electron chi connectivity index (χ4n) is 1.51. The van der Waals surface area contributed by atoms with E-state index in [9.17, 15) is 0 Å². The van der Waals surface area contributed by atoms with Gasteiger partial charge in [-0.3, -0.25) is 0 Å². The molecule has 0 aromatic carbocycles. The Morgan fingerprint density at radius 1 is 1.55 bits per heavy atom. The zero-order valence-corrected chi connectivity index (χ0v) is 8.30.